The summed E-state index contributed by atoms with van der Waals surface area (Å²) in [5, 5.41) is 7.50. The number of primary amides is 1. The molecule has 142 valence electrons. The molecule has 0 spiro atoms. The van der Waals surface area contributed by atoms with E-state index in [1.54, 1.807) is 54.6 Å². The highest BCUT2D eigenvalue weighted by atomic mass is 32.1. The van der Waals surface area contributed by atoms with E-state index in [2.05, 4.69) is 10.6 Å². The predicted octanol–water partition coefficient (Wildman–Crippen LogP) is 2.96. The minimum atomic E-state index is -0.400. The zero-order chi connectivity index (χ0) is 19.9. The zero-order valence-electron chi connectivity index (χ0n) is 15.0. The van der Waals surface area contributed by atoms with Crippen molar-refractivity contribution < 1.29 is 14.4 Å². The second-order valence-corrected chi connectivity index (χ2v) is 7.10. The van der Waals surface area contributed by atoms with Crippen molar-refractivity contribution in [1.29, 1.82) is 0 Å². The lowest BCUT2D eigenvalue weighted by molar-refractivity contribution is -0.117. The molecule has 0 bridgehead atoms. The predicted molar refractivity (Wildman–Crippen MR) is 109 cm³/mol. The number of anilines is 1. The second-order valence-electron chi connectivity index (χ2n) is 6.15. The Morgan fingerprint density at radius 1 is 0.857 bits per heavy atom. The molecule has 2 aromatic carbocycles. The number of nitrogens with two attached hydrogens (primary N) is 1. The van der Waals surface area contributed by atoms with Gasteiger partial charge in [0, 0.05) is 17.8 Å². The summed E-state index contributed by atoms with van der Waals surface area (Å²) in [6.45, 7) is 0.389. The third-order valence-electron chi connectivity index (χ3n) is 4.00. The van der Waals surface area contributed by atoms with Gasteiger partial charge in [-0.1, -0.05) is 30.3 Å². The molecule has 0 radical (unpaired) electrons. The molecule has 3 rings (SSSR count). The molecule has 1 aromatic heterocycles. The van der Waals surface area contributed by atoms with Gasteiger partial charge in [-0.15, -0.1) is 11.3 Å². The lowest BCUT2D eigenvalue weighted by atomic mass is 10.1. The van der Waals surface area contributed by atoms with Gasteiger partial charge < -0.3 is 16.4 Å². The minimum absolute atomic E-state index is 0.114. The molecule has 0 saturated heterocycles. The number of hydrogen-bond donors (Lipinski definition) is 3. The molecule has 1 heterocycles. The Balaban J connectivity index is 1.54. The fraction of sp³-hybridized carbons (Fsp3) is 0.0952. The Labute approximate surface area is 166 Å². The van der Waals surface area contributed by atoms with E-state index in [0.717, 1.165) is 11.1 Å². The number of rotatable bonds is 7. The molecular weight excluding hydrogens is 374 g/mol. The Hall–Kier alpha value is -3.45. The summed E-state index contributed by atoms with van der Waals surface area (Å²) in [7, 11) is 0. The lowest BCUT2D eigenvalue weighted by Crippen LogP contribution is -2.21. The molecule has 7 heteroatoms. The summed E-state index contributed by atoms with van der Waals surface area (Å²) in [4.78, 5) is 35.9. The summed E-state index contributed by atoms with van der Waals surface area (Å²) < 4.78 is 0. The highest BCUT2D eigenvalue weighted by Crippen LogP contribution is 2.13. The highest BCUT2D eigenvalue weighted by molar-refractivity contribution is 7.12. The Morgan fingerprint density at radius 3 is 2.14 bits per heavy atom. The van der Waals surface area contributed by atoms with Crippen LogP contribution in [0.5, 0.6) is 0 Å². The van der Waals surface area contributed by atoms with Crippen LogP contribution in [0.4, 0.5) is 5.69 Å². The van der Waals surface area contributed by atoms with Crippen molar-refractivity contribution in [3.8, 4) is 0 Å². The average Bonchev–Trinajstić information content (AvgIpc) is 3.22. The molecule has 0 saturated carbocycles. The molecular formula is C21H19N3O3S. The van der Waals surface area contributed by atoms with Crippen LogP contribution < -0.4 is 16.4 Å². The summed E-state index contributed by atoms with van der Waals surface area (Å²) in [5.74, 6) is -0.753. The van der Waals surface area contributed by atoms with Crippen LogP contribution in [0.25, 0.3) is 0 Å². The normalized spacial score (nSPS) is 10.3. The van der Waals surface area contributed by atoms with Crippen LogP contribution in [-0.4, -0.2) is 17.7 Å². The lowest BCUT2D eigenvalue weighted by Gasteiger charge is -2.08. The Morgan fingerprint density at radius 2 is 1.54 bits per heavy atom. The first-order valence-corrected chi connectivity index (χ1v) is 9.48. The SMILES string of the molecule is NC(=O)Cc1ccc(NC(=O)c2ccc(CNC(=O)c3cccs3)cc2)cc1. The van der Waals surface area contributed by atoms with Crippen molar-refractivity contribution in [2.45, 2.75) is 13.0 Å². The van der Waals surface area contributed by atoms with Gasteiger partial charge in [0.05, 0.1) is 11.3 Å². The van der Waals surface area contributed by atoms with E-state index in [0.29, 0.717) is 22.7 Å². The summed E-state index contributed by atoms with van der Waals surface area (Å²) in [6.07, 6.45) is 0.165. The molecule has 0 aliphatic heterocycles. The molecule has 0 fully saturated rings. The van der Waals surface area contributed by atoms with Crippen LogP contribution in [-0.2, 0) is 17.8 Å². The maximum Gasteiger partial charge on any atom is 0.261 e. The number of carbonyl (C=O) groups excluding carboxylic acids is 3. The maximum atomic E-state index is 12.4. The Kier molecular flexibility index (Phi) is 6.18. The van der Waals surface area contributed by atoms with E-state index in [1.165, 1.54) is 11.3 Å². The fourth-order valence-corrected chi connectivity index (χ4v) is 3.20. The summed E-state index contributed by atoms with van der Waals surface area (Å²) in [6, 6.07) is 17.6. The topological polar surface area (TPSA) is 101 Å². The van der Waals surface area contributed by atoms with Gasteiger partial charge in [-0.05, 0) is 46.8 Å². The minimum Gasteiger partial charge on any atom is -0.369 e. The first-order chi connectivity index (χ1) is 13.5. The number of nitrogens with one attached hydrogen (secondary N) is 2. The second kappa shape index (κ2) is 8.96. The van der Waals surface area contributed by atoms with E-state index < -0.39 is 5.91 Å². The van der Waals surface area contributed by atoms with Crippen molar-refractivity contribution in [2.24, 2.45) is 5.73 Å². The van der Waals surface area contributed by atoms with Gasteiger partial charge in [0.2, 0.25) is 5.91 Å². The van der Waals surface area contributed by atoms with Crippen LogP contribution in [0.15, 0.2) is 66.0 Å². The first kappa shape index (κ1) is 19.3. The Bertz CT molecular complexity index is 965. The van der Waals surface area contributed by atoms with Crippen molar-refractivity contribution in [2.75, 3.05) is 5.32 Å². The first-order valence-electron chi connectivity index (χ1n) is 8.60. The standard InChI is InChI=1S/C21H19N3O3S/c22-19(25)12-14-5-9-17(10-6-14)24-20(26)16-7-3-15(4-8-16)13-23-21(27)18-2-1-11-28-18/h1-11H,12-13H2,(H2,22,25)(H,23,27)(H,24,26). The van der Waals surface area contributed by atoms with Gasteiger partial charge in [0.1, 0.15) is 0 Å². The van der Waals surface area contributed by atoms with Crippen molar-refractivity contribution >= 4 is 34.7 Å². The third kappa shape index (κ3) is 5.28. The third-order valence-corrected chi connectivity index (χ3v) is 4.87. The van der Waals surface area contributed by atoms with Crippen molar-refractivity contribution in [3.05, 3.63) is 87.6 Å². The van der Waals surface area contributed by atoms with Gasteiger partial charge in [-0.25, -0.2) is 0 Å². The van der Waals surface area contributed by atoms with Crippen LogP contribution in [0.2, 0.25) is 0 Å². The molecule has 0 aliphatic carbocycles. The monoisotopic (exact) mass is 393 g/mol. The van der Waals surface area contributed by atoms with Gasteiger partial charge >= 0.3 is 0 Å². The summed E-state index contributed by atoms with van der Waals surface area (Å²) in [5.41, 5.74) is 7.99. The smallest absolute Gasteiger partial charge is 0.261 e. The van der Waals surface area contributed by atoms with Crippen LogP contribution in [0.3, 0.4) is 0 Å². The number of hydrogen-bond acceptors (Lipinski definition) is 4. The molecule has 0 atom stereocenters. The van der Waals surface area contributed by atoms with Gasteiger partial charge in [0.15, 0.2) is 0 Å². The number of carbonyl (C=O) groups is 3. The van der Waals surface area contributed by atoms with E-state index >= 15 is 0 Å². The maximum absolute atomic E-state index is 12.4. The van der Waals surface area contributed by atoms with Crippen LogP contribution in [0.1, 0.15) is 31.2 Å². The van der Waals surface area contributed by atoms with E-state index in [4.69, 9.17) is 5.73 Å². The number of benzene rings is 2. The molecule has 3 amide bonds. The van der Waals surface area contributed by atoms with Gasteiger partial charge in [0.25, 0.3) is 11.8 Å². The average molecular weight is 393 g/mol. The molecule has 0 aliphatic rings. The van der Waals surface area contributed by atoms with E-state index in [9.17, 15) is 14.4 Å². The molecule has 28 heavy (non-hydrogen) atoms. The number of thiophene rings is 1. The van der Waals surface area contributed by atoms with Crippen LogP contribution >= 0.6 is 11.3 Å². The molecule has 3 aromatic rings. The van der Waals surface area contributed by atoms with Crippen LogP contribution in [0, 0.1) is 0 Å². The highest BCUT2D eigenvalue weighted by Gasteiger charge is 2.08. The summed E-state index contributed by atoms with van der Waals surface area (Å²) >= 11 is 1.39. The van der Waals surface area contributed by atoms with E-state index in [-0.39, 0.29) is 18.2 Å². The molecule has 0 unspecified atom stereocenters. The molecule has 6 nitrogen and oxygen atoms in total. The quantitative estimate of drug-likeness (QED) is 0.575. The zero-order valence-corrected chi connectivity index (χ0v) is 15.8. The fourth-order valence-electron chi connectivity index (χ4n) is 2.56. The molecule has 4 N–H and O–H groups in total. The van der Waals surface area contributed by atoms with Gasteiger partial charge in [-0.3, -0.25) is 14.4 Å². The number of amides is 3. The largest absolute Gasteiger partial charge is 0.369 e. The van der Waals surface area contributed by atoms with E-state index in [1.807, 2.05) is 11.4 Å². The van der Waals surface area contributed by atoms with Crippen molar-refractivity contribution in [1.82, 2.24) is 5.32 Å². The van der Waals surface area contributed by atoms with Crippen molar-refractivity contribution in [3.63, 3.8) is 0 Å². The van der Waals surface area contributed by atoms with Gasteiger partial charge in [-0.2, -0.15) is 0 Å².